The Labute approximate surface area is 222 Å². The van der Waals surface area contributed by atoms with E-state index in [1.54, 1.807) is 21.5 Å². The maximum absolute atomic E-state index is 12.3. The zero-order valence-corrected chi connectivity index (χ0v) is 22.0. The van der Waals surface area contributed by atoms with Crippen LogP contribution >= 0.6 is 0 Å². The van der Waals surface area contributed by atoms with Gasteiger partial charge in [0.15, 0.2) is 0 Å². The van der Waals surface area contributed by atoms with Gasteiger partial charge in [-0.15, -0.1) is 6.58 Å². The van der Waals surface area contributed by atoms with Crippen molar-refractivity contribution in [3.63, 3.8) is 0 Å². The lowest BCUT2D eigenvalue weighted by atomic mass is 9.80. The first-order valence-electron chi connectivity index (χ1n) is 12.9. The number of nitrogens with zero attached hydrogens (tertiary/aromatic N) is 6. The van der Waals surface area contributed by atoms with Gasteiger partial charge in [-0.05, 0) is 50.8 Å². The molecule has 1 aliphatic rings. The lowest BCUT2D eigenvalue weighted by Gasteiger charge is -2.39. The van der Waals surface area contributed by atoms with Gasteiger partial charge >= 0.3 is 0 Å². The summed E-state index contributed by atoms with van der Waals surface area (Å²) >= 11 is 0. The number of hydrogen-bond donors (Lipinski definition) is 2. The van der Waals surface area contributed by atoms with E-state index in [-0.39, 0.29) is 23.4 Å². The normalized spacial score (nSPS) is 20.0. The van der Waals surface area contributed by atoms with E-state index in [0.717, 1.165) is 59.3 Å². The molecule has 1 unspecified atom stereocenters. The molecule has 0 radical (unpaired) electrons. The zero-order chi connectivity index (χ0) is 26.9. The molecule has 1 saturated carbocycles. The number of anilines is 1. The van der Waals surface area contributed by atoms with Crippen molar-refractivity contribution in [1.82, 2.24) is 29.7 Å². The van der Waals surface area contributed by atoms with Gasteiger partial charge in [-0.3, -0.25) is 9.48 Å². The molecular formula is C29H32N8O. The molecule has 0 aliphatic heterocycles. The molecule has 4 heterocycles. The number of nitriles is 1. The minimum absolute atomic E-state index is 0.0330. The van der Waals surface area contributed by atoms with Crippen LogP contribution in [0.2, 0.25) is 0 Å². The molecule has 0 bridgehead atoms. The van der Waals surface area contributed by atoms with Crippen LogP contribution in [0.4, 0.5) is 5.82 Å². The van der Waals surface area contributed by atoms with Crippen molar-refractivity contribution < 1.29 is 4.79 Å². The molecule has 0 saturated heterocycles. The Morgan fingerprint density at radius 2 is 1.97 bits per heavy atom. The second kappa shape index (κ2) is 10.1. The van der Waals surface area contributed by atoms with Crippen LogP contribution in [-0.4, -0.2) is 41.9 Å². The van der Waals surface area contributed by atoms with Crippen molar-refractivity contribution in [1.29, 1.82) is 5.26 Å². The van der Waals surface area contributed by atoms with Crippen LogP contribution in [-0.2, 0) is 11.8 Å². The first kappa shape index (κ1) is 25.2. The van der Waals surface area contributed by atoms with Gasteiger partial charge in [0, 0.05) is 59.5 Å². The number of carbonyl (C=O) groups excluding carboxylic acids is 1. The van der Waals surface area contributed by atoms with Crippen LogP contribution in [0, 0.1) is 17.2 Å². The monoisotopic (exact) mass is 508 g/mol. The van der Waals surface area contributed by atoms with Gasteiger partial charge in [-0.2, -0.15) is 15.5 Å². The number of amides is 1. The third kappa shape index (κ3) is 5.02. The quantitative estimate of drug-likeness (QED) is 0.349. The molecule has 0 spiro atoms. The van der Waals surface area contributed by atoms with Gasteiger partial charge in [-0.25, -0.2) is 9.50 Å². The summed E-state index contributed by atoms with van der Waals surface area (Å²) < 4.78 is 3.50. The SMILES string of the molecule is C=CC(C)C(=O)NC1(C)CCC(Nc2ccc(-c3cc(-c4cnn(C)c4)cn4ncc(C#N)c34)cn2)CC1. The van der Waals surface area contributed by atoms with E-state index < -0.39 is 0 Å². The van der Waals surface area contributed by atoms with Crippen molar-refractivity contribution in [3.8, 4) is 28.3 Å². The van der Waals surface area contributed by atoms with E-state index in [4.69, 9.17) is 4.98 Å². The van der Waals surface area contributed by atoms with Crippen molar-refractivity contribution in [2.75, 3.05) is 5.32 Å². The molecule has 4 aromatic heterocycles. The molecule has 194 valence electrons. The Balaban J connectivity index is 1.33. The van der Waals surface area contributed by atoms with Gasteiger partial charge in [0.05, 0.1) is 29.4 Å². The summed E-state index contributed by atoms with van der Waals surface area (Å²) in [6, 6.07) is 8.60. The number of aromatic nitrogens is 5. The molecule has 4 aromatic rings. The first-order chi connectivity index (χ1) is 18.3. The molecule has 1 fully saturated rings. The maximum atomic E-state index is 12.3. The predicted octanol–water partition coefficient (Wildman–Crippen LogP) is 4.72. The number of rotatable bonds is 7. The maximum Gasteiger partial charge on any atom is 0.227 e. The molecule has 9 nitrogen and oxygen atoms in total. The topological polar surface area (TPSA) is 113 Å². The summed E-state index contributed by atoms with van der Waals surface area (Å²) in [5.41, 5.74) is 4.78. The lowest BCUT2D eigenvalue weighted by molar-refractivity contribution is -0.125. The van der Waals surface area contributed by atoms with Crippen LogP contribution in [0.25, 0.3) is 27.8 Å². The Morgan fingerprint density at radius 1 is 1.18 bits per heavy atom. The summed E-state index contributed by atoms with van der Waals surface area (Å²) in [6.45, 7) is 7.71. The largest absolute Gasteiger partial charge is 0.367 e. The van der Waals surface area contributed by atoms with Crippen LogP contribution in [0.3, 0.4) is 0 Å². The Hall–Kier alpha value is -4.45. The van der Waals surface area contributed by atoms with Crippen LogP contribution < -0.4 is 10.6 Å². The van der Waals surface area contributed by atoms with E-state index in [1.165, 1.54) is 0 Å². The number of nitrogens with one attached hydrogen (secondary N) is 2. The minimum Gasteiger partial charge on any atom is -0.367 e. The van der Waals surface area contributed by atoms with E-state index in [2.05, 4.69) is 46.5 Å². The van der Waals surface area contributed by atoms with Crippen molar-refractivity contribution in [2.24, 2.45) is 13.0 Å². The molecule has 1 amide bonds. The van der Waals surface area contributed by atoms with Gasteiger partial charge < -0.3 is 10.6 Å². The summed E-state index contributed by atoms with van der Waals surface area (Å²) in [7, 11) is 1.88. The van der Waals surface area contributed by atoms with Gasteiger partial charge in [0.25, 0.3) is 0 Å². The minimum atomic E-state index is -0.196. The fourth-order valence-corrected chi connectivity index (χ4v) is 5.04. The number of hydrogen-bond acceptors (Lipinski definition) is 6. The summed E-state index contributed by atoms with van der Waals surface area (Å²) in [5, 5.41) is 25.1. The average Bonchev–Trinajstić information content (AvgIpc) is 3.55. The summed E-state index contributed by atoms with van der Waals surface area (Å²) in [5.74, 6) is 0.647. The Morgan fingerprint density at radius 3 is 2.61 bits per heavy atom. The highest BCUT2D eigenvalue weighted by atomic mass is 16.2. The number of carbonyl (C=O) groups is 1. The predicted molar refractivity (Wildman–Crippen MR) is 147 cm³/mol. The molecule has 9 heteroatoms. The highest BCUT2D eigenvalue weighted by Gasteiger charge is 2.33. The molecule has 38 heavy (non-hydrogen) atoms. The smallest absolute Gasteiger partial charge is 0.227 e. The van der Waals surface area contributed by atoms with Crippen LogP contribution in [0.5, 0.6) is 0 Å². The molecule has 2 N–H and O–H groups in total. The Bertz CT molecular complexity index is 1520. The molecule has 0 aromatic carbocycles. The van der Waals surface area contributed by atoms with Gasteiger partial charge in [-0.1, -0.05) is 13.0 Å². The fourth-order valence-electron chi connectivity index (χ4n) is 5.04. The van der Waals surface area contributed by atoms with Crippen LogP contribution in [0.15, 0.2) is 61.8 Å². The average molecular weight is 509 g/mol. The second-order valence-electron chi connectivity index (χ2n) is 10.4. The van der Waals surface area contributed by atoms with E-state index in [9.17, 15) is 10.1 Å². The van der Waals surface area contributed by atoms with E-state index in [0.29, 0.717) is 5.56 Å². The molecular weight excluding hydrogens is 476 g/mol. The number of fused-ring (bicyclic) bond motifs is 1. The van der Waals surface area contributed by atoms with Gasteiger partial charge in [0.1, 0.15) is 11.9 Å². The van der Waals surface area contributed by atoms with Crippen molar-refractivity contribution in [3.05, 3.63) is 67.4 Å². The third-order valence-electron chi connectivity index (χ3n) is 7.48. The first-order valence-corrected chi connectivity index (χ1v) is 12.9. The molecule has 5 rings (SSSR count). The van der Waals surface area contributed by atoms with Crippen molar-refractivity contribution >= 4 is 17.2 Å². The highest BCUT2D eigenvalue weighted by Crippen LogP contribution is 2.33. The fraction of sp³-hybridized carbons (Fsp3) is 0.345. The standard InChI is InChI=1S/C29H32N8O/c1-5-19(2)28(38)35-29(3)10-8-24(9-11-29)34-26-7-6-20(14-31-26)25-12-21(23-16-32-36(4)17-23)18-37-27(25)22(13-30)15-33-37/h5-7,12,14-19,24H,1,8-11H2,2-4H3,(H,31,34)(H,35,38). The van der Waals surface area contributed by atoms with Crippen LogP contribution in [0.1, 0.15) is 45.1 Å². The van der Waals surface area contributed by atoms with Gasteiger partial charge in [0.2, 0.25) is 5.91 Å². The highest BCUT2D eigenvalue weighted by molar-refractivity contribution is 5.87. The number of pyridine rings is 2. The summed E-state index contributed by atoms with van der Waals surface area (Å²) in [4.78, 5) is 17.0. The third-order valence-corrected chi connectivity index (χ3v) is 7.48. The lowest BCUT2D eigenvalue weighted by Crippen LogP contribution is -2.51. The van der Waals surface area contributed by atoms with E-state index in [1.807, 2.05) is 50.9 Å². The zero-order valence-electron chi connectivity index (χ0n) is 22.0. The second-order valence-corrected chi connectivity index (χ2v) is 10.4. The molecule has 1 aliphatic carbocycles. The summed E-state index contributed by atoms with van der Waals surface area (Å²) in [6.07, 6.45) is 14.5. The van der Waals surface area contributed by atoms with Crippen molar-refractivity contribution in [2.45, 2.75) is 51.1 Å². The Kier molecular flexibility index (Phi) is 6.72. The molecule has 1 atom stereocenters. The number of aryl methyl sites for hydroxylation is 1. The van der Waals surface area contributed by atoms with E-state index >= 15 is 0 Å².